The Morgan fingerprint density at radius 2 is 1.54 bits per heavy atom. The molecule has 6 rings (SSSR count). The van der Waals surface area contributed by atoms with E-state index >= 15 is 0 Å². The predicted octanol–water partition coefficient (Wildman–Crippen LogP) is 3.84. The molecule has 3 aromatic rings. The molecule has 0 bridgehead atoms. The van der Waals surface area contributed by atoms with Crippen LogP contribution in [0.3, 0.4) is 0 Å². The molecule has 0 aromatic heterocycles. The first-order valence-electron chi connectivity index (χ1n) is 8.83. The van der Waals surface area contributed by atoms with Gasteiger partial charge in [-0.05, 0) is 35.7 Å². The molecule has 3 aliphatic rings. The van der Waals surface area contributed by atoms with Crippen molar-refractivity contribution in [1.82, 2.24) is 0 Å². The smallest absolute Gasteiger partial charge is 0.415 e. The number of carbonyl (C=O) groups excluding carboxylic acids is 1. The van der Waals surface area contributed by atoms with Crippen LogP contribution in [0.4, 0.5) is 11.4 Å². The van der Waals surface area contributed by atoms with Crippen LogP contribution in [0, 0.1) is 0 Å². The van der Waals surface area contributed by atoms with Crippen LogP contribution >= 0.6 is 0 Å². The van der Waals surface area contributed by atoms with Crippen molar-refractivity contribution in [1.29, 1.82) is 0 Å². The highest BCUT2D eigenvalue weighted by Crippen LogP contribution is 2.51. The third kappa shape index (κ3) is 1.87. The molecule has 0 saturated heterocycles. The number of rotatable bonds is 1. The molecule has 3 heterocycles. The summed E-state index contributed by atoms with van der Waals surface area (Å²) < 4.78 is 11.9. The summed E-state index contributed by atoms with van der Waals surface area (Å²) in [6.45, 7) is 0. The van der Waals surface area contributed by atoms with Crippen molar-refractivity contribution < 1.29 is 14.3 Å². The molecule has 0 N–H and O–H groups in total. The lowest BCUT2D eigenvalue weighted by Crippen LogP contribution is -2.66. The second-order valence-corrected chi connectivity index (χ2v) is 6.54. The molecule has 28 heavy (non-hydrogen) atoms. The molecule has 0 aliphatic carbocycles. The van der Waals surface area contributed by atoms with Gasteiger partial charge in [-0.2, -0.15) is 0 Å². The van der Waals surface area contributed by atoms with Gasteiger partial charge in [-0.1, -0.05) is 54.6 Å². The number of nitrogens with zero attached hydrogens (tertiary/aromatic N) is 4. The van der Waals surface area contributed by atoms with Crippen LogP contribution in [0.15, 0.2) is 84.0 Å². The summed E-state index contributed by atoms with van der Waals surface area (Å²) in [4.78, 5) is 12.7. The van der Waals surface area contributed by atoms with Crippen LogP contribution in [0.5, 0.6) is 5.75 Å². The largest absolute Gasteiger partial charge is 0.443 e. The summed E-state index contributed by atoms with van der Waals surface area (Å²) in [5.74, 6) is 0.565. The first kappa shape index (κ1) is 15.1. The summed E-state index contributed by atoms with van der Waals surface area (Å²) in [7, 11) is 0. The maximum Gasteiger partial charge on any atom is 0.443 e. The Morgan fingerprint density at radius 1 is 0.821 bits per heavy atom. The van der Waals surface area contributed by atoms with Gasteiger partial charge in [-0.15, -0.1) is 0 Å². The normalized spacial score (nSPS) is 21.3. The first-order chi connectivity index (χ1) is 13.8. The van der Waals surface area contributed by atoms with E-state index in [9.17, 15) is 4.79 Å². The number of amidine groups is 1. The van der Waals surface area contributed by atoms with Crippen LogP contribution < -0.4 is 14.8 Å². The molecule has 0 fully saturated rings. The fraction of sp³-hybridized carbons (Fsp3) is 0.0476. The van der Waals surface area contributed by atoms with E-state index in [1.807, 2.05) is 66.7 Å². The van der Waals surface area contributed by atoms with Gasteiger partial charge in [-0.3, -0.25) is 10.0 Å². The van der Waals surface area contributed by atoms with Crippen LogP contribution in [0.25, 0.3) is 5.43 Å². The second-order valence-electron chi connectivity index (χ2n) is 6.54. The Hall–Kier alpha value is -4.00. The molecule has 0 radical (unpaired) electrons. The van der Waals surface area contributed by atoms with Gasteiger partial charge in [0, 0.05) is 0 Å². The van der Waals surface area contributed by atoms with Crippen LogP contribution in [-0.4, -0.2) is 17.8 Å². The monoisotopic (exact) mass is 369 g/mol. The van der Waals surface area contributed by atoms with Crippen molar-refractivity contribution in [2.75, 3.05) is 10.0 Å². The van der Waals surface area contributed by atoms with Gasteiger partial charge in [0.05, 0.1) is 16.9 Å². The minimum absolute atomic E-state index is 0.422. The van der Waals surface area contributed by atoms with E-state index in [0.717, 1.165) is 5.56 Å². The van der Waals surface area contributed by atoms with Crippen molar-refractivity contribution >= 4 is 23.2 Å². The highest BCUT2D eigenvalue weighted by Gasteiger charge is 2.57. The molecular weight excluding hydrogens is 356 g/mol. The fourth-order valence-corrected chi connectivity index (χ4v) is 3.60. The zero-order chi connectivity index (χ0) is 18.7. The Labute approximate surface area is 160 Å². The molecule has 7 heteroatoms. The number of esters is 1. The van der Waals surface area contributed by atoms with Crippen LogP contribution in [0.1, 0.15) is 15.9 Å². The minimum atomic E-state index is -1.62. The number of hydrogen-bond acceptors (Lipinski definition) is 6. The van der Waals surface area contributed by atoms with Crippen LogP contribution in [0.2, 0.25) is 0 Å². The second kappa shape index (κ2) is 5.26. The highest BCUT2D eigenvalue weighted by atomic mass is 16.8. The zero-order valence-corrected chi connectivity index (χ0v) is 14.5. The van der Waals surface area contributed by atoms with E-state index in [4.69, 9.17) is 14.6 Å². The Balaban J connectivity index is 1.60. The quantitative estimate of drug-likeness (QED) is 0.610. The number of ether oxygens (including phenoxy) is 2. The molecule has 3 aliphatic heterocycles. The Morgan fingerprint density at radius 3 is 2.39 bits per heavy atom. The molecule has 3 aromatic carbocycles. The number of para-hydroxylation sites is 3. The first-order valence-corrected chi connectivity index (χ1v) is 8.83. The number of benzene rings is 3. The summed E-state index contributed by atoms with van der Waals surface area (Å²) >= 11 is 0. The highest BCUT2D eigenvalue weighted by molar-refractivity contribution is 6.12. The lowest BCUT2D eigenvalue weighted by molar-refractivity contribution is -0.136. The average Bonchev–Trinajstić information content (AvgIpc) is 3.07. The van der Waals surface area contributed by atoms with Crippen molar-refractivity contribution in [3.8, 4) is 5.75 Å². The number of hydrazone groups is 1. The molecule has 7 nitrogen and oxygen atoms in total. The number of fused-ring (bicyclic) bond motifs is 4. The summed E-state index contributed by atoms with van der Waals surface area (Å²) in [6, 6.07) is 22.6. The summed E-state index contributed by atoms with van der Waals surface area (Å²) in [6.07, 6.45) is 0. The number of hydrogen-bond donors (Lipinski definition) is 0. The average molecular weight is 369 g/mol. The van der Waals surface area contributed by atoms with Gasteiger partial charge in [0.25, 0.3) is 0 Å². The van der Waals surface area contributed by atoms with E-state index in [0.29, 0.717) is 28.5 Å². The molecule has 0 amide bonds. The maximum atomic E-state index is 12.7. The van der Waals surface area contributed by atoms with Gasteiger partial charge in [0.2, 0.25) is 0 Å². The molecule has 1 atom stereocenters. The van der Waals surface area contributed by atoms with E-state index in [1.54, 1.807) is 22.2 Å². The molecular formula is C21H13N4O3-. The van der Waals surface area contributed by atoms with E-state index < -0.39 is 12.0 Å². The molecule has 1 spiro atoms. The zero-order valence-electron chi connectivity index (χ0n) is 14.5. The topological polar surface area (TPSA) is 68.5 Å². The van der Waals surface area contributed by atoms with Crippen molar-refractivity contribution in [3.63, 3.8) is 0 Å². The summed E-state index contributed by atoms with van der Waals surface area (Å²) in [5.41, 5.74) is 7.24. The standard InChI is InChI=1S/C21H13N4O3/c26-20-15-10-4-5-11-16(15)24-21(28-20)25(17-12-6-7-13-18(17)27-21)23-19(22-24)14-8-2-1-3-9-14/h1-13H/q-1. The van der Waals surface area contributed by atoms with Crippen molar-refractivity contribution in [3.05, 3.63) is 95.4 Å². The van der Waals surface area contributed by atoms with Gasteiger partial charge < -0.3 is 20.0 Å². The van der Waals surface area contributed by atoms with Gasteiger partial charge >= 0.3 is 12.0 Å². The van der Waals surface area contributed by atoms with Crippen LogP contribution in [-0.2, 0) is 4.74 Å². The van der Waals surface area contributed by atoms with Crippen molar-refractivity contribution in [2.24, 2.45) is 5.10 Å². The van der Waals surface area contributed by atoms with Gasteiger partial charge in [0.15, 0.2) is 5.75 Å². The van der Waals surface area contributed by atoms with Crippen molar-refractivity contribution in [2.45, 2.75) is 6.03 Å². The summed E-state index contributed by atoms with van der Waals surface area (Å²) in [5, 5.41) is 7.86. The lowest BCUT2D eigenvalue weighted by atomic mass is 10.1. The minimum Gasteiger partial charge on any atom is -0.415 e. The van der Waals surface area contributed by atoms with E-state index in [1.165, 1.54) is 0 Å². The SMILES string of the molecule is O=C1OC23Oc4ccccc4N2[N-]C(c2ccccc2)=NN3c2ccccc21. The number of carbonyl (C=O) groups is 1. The Kier molecular flexibility index (Phi) is 2.84. The maximum absolute atomic E-state index is 12.7. The third-order valence-electron chi connectivity index (χ3n) is 4.87. The molecule has 136 valence electrons. The van der Waals surface area contributed by atoms with Gasteiger partial charge in [0.1, 0.15) is 0 Å². The lowest BCUT2D eigenvalue weighted by Gasteiger charge is -2.53. The third-order valence-corrected chi connectivity index (χ3v) is 4.87. The fourth-order valence-electron chi connectivity index (χ4n) is 3.60. The Bertz CT molecular complexity index is 1150. The van der Waals surface area contributed by atoms with E-state index in [2.05, 4.69) is 5.43 Å². The number of anilines is 2. The predicted molar refractivity (Wildman–Crippen MR) is 103 cm³/mol. The molecule has 1 unspecified atom stereocenters. The van der Waals surface area contributed by atoms with Gasteiger partial charge in [-0.25, -0.2) is 4.79 Å². The molecule has 0 saturated carbocycles. The van der Waals surface area contributed by atoms with E-state index in [-0.39, 0.29) is 0 Å².